The molecule has 2 rings (SSSR count). The van der Waals surface area contributed by atoms with Crippen molar-refractivity contribution in [2.24, 2.45) is 0 Å². The summed E-state index contributed by atoms with van der Waals surface area (Å²) in [5, 5.41) is 5.56. The highest BCUT2D eigenvalue weighted by Gasteiger charge is 2.21. The van der Waals surface area contributed by atoms with Gasteiger partial charge >= 0.3 is 0 Å². The Bertz CT molecular complexity index is 536. The molecule has 6 nitrogen and oxygen atoms in total. The van der Waals surface area contributed by atoms with Crippen LogP contribution in [-0.2, 0) is 4.79 Å². The Balaban J connectivity index is 2.09. The molecule has 0 saturated carbocycles. The highest BCUT2D eigenvalue weighted by molar-refractivity contribution is 5.96. The van der Waals surface area contributed by atoms with E-state index in [9.17, 15) is 9.59 Å². The molecule has 0 bridgehead atoms. The fraction of sp³-hybridized carbons (Fsp3) is 0.467. The zero-order valence-electron chi connectivity index (χ0n) is 12.5. The number of nitrogens with two attached hydrogens (primary N) is 1. The first-order chi connectivity index (χ1) is 10.0. The van der Waals surface area contributed by atoms with Gasteiger partial charge in [-0.1, -0.05) is 0 Å². The van der Waals surface area contributed by atoms with Crippen LogP contribution >= 0.6 is 0 Å². The van der Waals surface area contributed by atoms with Gasteiger partial charge in [0.25, 0.3) is 5.91 Å². The minimum absolute atomic E-state index is 0.00887. The number of benzene rings is 1. The van der Waals surface area contributed by atoms with Crippen LogP contribution in [0.5, 0.6) is 0 Å². The van der Waals surface area contributed by atoms with Gasteiger partial charge < -0.3 is 21.3 Å². The van der Waals surface area contributed by atoms with Crippen molar-refractivity contribution in [2.75, 3.05) is 30.8 Å². The second-order valence-corrected chi connectivity index (χ2v) is 5.31. The number of nitrogens with zero attached hydrogens (tertiary/aromatic N) is 1. The van der Waals surface area contributed by atoms with E-state index in [1.165, 1.54) is 6.92 Å². The van der Waals surface area contributed by atoms with Crippen LogP contribution in [0.2, 0.25) is 0 Å². The predicted molar refractivity (Wildman–Crippen MR) is 83.3 cm³/mol. The van der Waals surface area contributed by atoms with Crippen molar-refractivity contribution in [3.05, 3.63) is 23.8 Å². The minimum atomic E-state index is -0.121. The molecule has 6 heteroatoms. The number of anilines is 2. The Morgan fingerprint density at radius 3 is 2.52 bits per heavy atom. The molecule has 21 heavy (non-hydrogen) atoms. The Morgan fingerprint density at radius 1 is 1.29 bits per heavy atom. The van der Waals surface area contributed by atoms with Gasteiger partial charge in [-0.05, 0) is 31.0 Å². The van der Waals surface area contributed by atoms with Crippen molar-refractivity contribution in [1.29, 1.82) is 0 Å². The number of carbonyl (C=O) groups is 2. The van der Waals surface area contributed by atoms with Crippen LogP contribution in [0.1, 0.15) is 30.1 Å². The van der Waals surface area contributed by atoms with E-state index in [1.807, 2.05) is 6.07 Å². The van der Waals surface area contributed by atoms with Crippen LogP contribution in [0.4, 0.5) is 11.4 Å². The third-order valence-electron chi connectivity index (χ3n) is 3.76. The topological polar surface area (TPSA) is 87.5 Å². The molecule has 1 fully saturated rings. The Labute approximate surface area is 124 Å². The standard InChI is InChI=1S/C15H22N4O2/c1-10(20)18-12-5-7-19(8-6-12)14-9-11(15(21)17-2)3-4-13(14)16/h3-4,9,12H,5-8,16H2,1-2H3,(H,17,21)(H,18,20). The number of amides is 2. The van der Waals surface area contributed by atoms with E-state index in [2.05, 4.69) is 15.5 Å². The average Bonchev–Trinajstić information content (AvgIpc) is 2.47. The lowest BCUT2D eigenvalue weighted by molar-refractivity contribution is -0.119. The SMILES string of the molecule is CNC(=O)c1ccc(N)c(N2CCC(NC(C)=O)CC2)c1. The molecule has 0 radical (unpaired) electrons. The molecule has 4 N–H and O–H groups in total. The molecule has 2 amide bonds. The Morgan fingerprint density at radius 2 is 1.95 bits per heavy atom. The molecule has 0 aliphatic carbocycles. The van der Waals surface area contributed by atoms with Gasteiger partial charge in [-0.15, -0.1) is 0 Å². The first-order valence-corrected chi connectivity index (χ1v) is 7.15. The molecule has 0 spiro atoms. The molecular weight excluding hydrogens is 268 g/mol. The van der Waals surface area contributed by atoms with Gasteiger partial charge in [0.05, 0.1) is 11.4 Å². The Hall–Kier alpha value is -2.24. The highest BCUT2D eigenvalue weighted by atomic mass is 16.2. The number of hydrogen-bond donors (Lipinski definition) is 3. The summed E-state index contributed by atoms with van der Waals surface area (Å²) < 4.78 is 0. The van der Waals surface area contributed by atoms with E-state index in [0.29, 0.717) is 11.3 Å². The molecule has 1 aliphatic heterocycles. The van der Waals surface area contributed by atoms with Crippen LogP contribution < -0.4 is 21.3 Å². The van der Waals surface area contributed by atoms with Crippen LogP contribution in [0.3, 0.4) is 0 Å². The van der Waals surface area contributed by atoms with Gasteiger partial charge in [-0.3, -0.25) is 9.59 Å². The van der Waals surface area contributed by atoms with Crippen LogP contribution in [0.15, 0.2) is 18.2 Å². The maximum absolute atomic E-state index is 11.7. The summed E-state index contributed by atoms with van der Waals surface area (Å²) in [7, 11) is 1.61. The van der Waals surface area contributed by atoms with Gasteiger partial charge in [-0.2, -0.15) is 0 Å². The van der Waals surface area contributed by atoms with Crippen molar-refractivity contribution < 1.29 is 9.59 Å². The van der Waals surface area contributed by atoms with E-state index >= 15 is 0 Å². The Kier molecular flexibility index (Phi) is 4.67. The molecule has 1 heterocycles. The highest BCUT2D eigenvalue weighted by Crippen LogP contribution is 2.27. The molecule has 0 unspecified atom stereocenters. The normalized spacial score (nSPS) is 15.6. The number of hydrogen-bond acceptors (Lipinski definition) is 4. The monoisotopic (exact) mass is 290 g/mol. The second kappa shape index (κ2) is 6.47. The van der Waals surface area contributed by atoms with E-state index in [0.717, 1.165) is 31.6 Å². The van der Waals surface area contributed by atoms with Crippen LogP contribution in [0, 0.1) is 0 Å². The van der Waals surface area contributed by atoms with Crippen molar-refractivity contribution in [3.8, 4) is 0 Å². The molecule has 1 aliphatic rings. The van der Waals surface area contributed by atoms with Crippen molar-refractivity contribution >= 4 is 23.2 Å². The molecule has 1 aromatic carbocycles. The van der Waals surface area contributed by atoms with E-state index in [4.69, 9.17) is 5.73 Å². The number of piperidine rings is 1. The smallest absolute Gasteiger partial charge is 0.251 e. The zero-order valence-corrected chi connectivity index (χ0v) is 12.5. The van der Waals surface area contributed by atoms with Crippen LogP contribution in [-0.4, -0.2) is 38.0 Å². The van der Waals surface area contributed by atoms with Gasteiger partial charge in [0.15, 0.2) is 0 Å². The van der Waals surface area contributed by atoms with E-state index in [1.54, 1.807) is 19.2 Å². The van der Waals surface area contributed by atoms with E-state index in [-0.39, 0.29) is 17.9 Å². The first-order valence-electron chi connectivity index (χ1n) is 7.15. The minimum Gasteiger partial charge on any atom is -0.397 e. The summed E-state index contributed by atoms with van der Waals surface area (Å²) in [5.74, 6) is -0.112. The summed E-state index contributed by atoms with van der Waals surface area (Å²) in [6, 6.07) is 5.54. The third kappa shape index (κ3) is 3.65. The summed E-state index contributed by atoms with van der Waals surface area (Å²) in [4.78, 5) is 25.0. The summed E-state index contributed by atoms with van der Waals surface area (Å²) in [5.41, 5.74) is 8.19. The summed E-state index contributed by atoms with van der Waals surface area (Å²) >= 11 is 0. The quantitative estimate of drug-likeness (QED) is 0.716. The molecule has 0 atom stereocenters. The second-order valence-electron chi connectivity index (χ2n) is 5.31. The molecule has 1 saturated heterocycles. The third-order valence-corrected chi connectivity index (χ3v) is 3.76. The molecule has 0 aromatic heterocycles. The predicted octanol–water partition coefficient (Wildman–Crippen LogP) is 0.733. The van der Waals surface area contributed by atoms with Crippen LogP contribution in [0.25, 0.3) is 0 Å². The van der Waals surface area contributed by atoms with Gasteiger partial charge in [0.1, 0.15) is 0 Å². The van der Waals surface area contributed by atoms with Crippen molar-refractivity contribution in [3.63, 3.8) is 0 Å². The molecular formula is C15H22N4O2. The fourth-order valence-electron chi connectivity index (χ4n) is 2.66. The fourth-order valence-corrected chi connectivity index (χ4v) is 2.66. The van der Waals surface area contributed by atoms with Gasteiger partial charge in [0.2, 0.25) is 5.91 Å². The number of carbonyl (C=O) groups excluding carboxylic acids is 2. The van der Waals surface area contributed by atoms with Crippen molar-refractivity contribution in [2.45, 2.75) is 25.8 Å². The maximum Gasteiger partial charge on any atom is 0.251 e. The maximum atomic E-state index is 11.7. The molecule has 1 aromatic rings. The number of nitrogen functional groups attached to an aromatic ring is 1. The van der Waals surface area contributed by atoms with Gasteiger partial charge in [-0.25, -0.2) is 0 Å². The van der Waals surface area contributed by atoms with E-state index < -0.39 is 0 Å². The lowest BCUT2D eigenvalue weighted by atomic mass is 10.0. The number of rotatable bonds is 3. The lowest BCUT2D eigenvalue weighted by Crippen LogP contribution is -2.44. The van der Waals surface area contributed by atoms with Gasteiger partial charge in [0, 0.05) is 38.7 Å². The first kappa shape index (κ1) is 15.2. The summed E-state index contributed by atoms with van der Waals surface area (Å²) in [6.07, 6.45) is 1.76. The molecule has 114 valence electrons. The average molecular weight is 290 g/mol. The zero-order chi connectivity index (χ0) is 15.4. The lowest BCUT2D eigenvalue weighted by Gasteiger charge is -2.34. The largest absolute Gasteiger partial charge is 0.397 e. The summed E-state index contributed by atoms with van der Waals surface area (Å²) in [6.45, 7) is 3.16. The number of nitrogens with one attached hydrogen (secondary N) is 2. The van der Waals surface area contributed by atoms with Crippen molar-refractivity contribution in [1.82, 2.24) is 10.6 Å².